The molecule has 0 bridgehead atoms. The molecule has 1 saturated carbocycles. The quantitative estimate of drug-likeness (QED) is 0.649. The average Bonchev–Trinajstić information content (AvgIpc) is 3.29. The second-order valence-corrected chi connectivity index (χ2v) is 5.81. The topological polar surface area (TPSA) is 73.1 Å². The Hall–Kier alpha value is -1.73. The predicted octanol–water partition coefficient (Wildman–Crippen LogP) is 3.64. The first-order valence-electron chi connectivity index (χ1n) is 6.56. The van der Waals surface area contributed by atoms with Gasteiger partial charge in [-0.05, 0) is 47.8 Å². The molecule has 1 aliphatic rings. The summed E-state index contributed by atoms with van der Waals surface area (Å²) in [6.45, 7) is 1.80. The number of rotatable bonds is 4. The van der Waals surface area contributed by atoms with Crippen LogP contribution in [0.15, 0.2) is 22.7 Å². The molecule has 0 atom stereocenters. The van der Waals surface area contributed by atoms with Gasteiger partial charge >= 0.3 is 0 Å². The molecule has 0 unspecified atom stereocenters. The van der Waals surface area contributed by atoms with Gasteiger partial charge in [0.05, 0.1) is 10.0 Å². The zero-order valence-corrected chi connectivity index (χ0v) is 12.9. The number of nitrogens with one attached hydrogen (secondary N) is 1. The van der Waals surface area contributed by atoms with Crippen molar-refractivity contribution in [2.75, 3.05) is 5.43 Å². The van der Waals surface area contributed by atoms with Crippen molar-refractivity contribution < 1.29 is 9.13 Å². The van der Waals surface area contributed by atoms with Crippen molar-refractivity contribution in [3.63, 3.8) is 0 Å². The lowest BCUT2D eigenvalue weighted by Gasteiger charge is -2.13. The molecule has 1 fully saturated rings. The number of nitrogens with two attached hydrogens (primary N) is 1. The third kappa shape index (κ3) is 2.98. The summed E-state index contributed by atoms with van der Waals surface area (Å²) in [5.74, 6) is 7.44. The van der Waals surface area contributed by atoms with E-state index in [1.165, 1.54) is 12.1 Å². The average molecular weight is 353 g/mol. The zero-order valence-electron chi connectivity index (χ0n) is 11.4. The molecule has 1 heterocycles. The normalized spacial score (nSPS) is 14.1. The largest absolute Gasteiger partial charge is 0.437 e. The van der Waals surface area contributed by atoms with E-state index in [0.717, 1.165) is 12.8 Å². The van der Waals surface area contributed by atoms with E-state index in [0.29, 0.717) is 39.2 Å². The van der Waals surface area contributed by atoms with Gasteiger partial charge in [-0.2, -0.15) is 4.98 Å². The molecule has 1 aromatic heterocycles. The van der Waals surface area contributed by atoms with Crippen molar-refractivity contribution in [1.82, 2.24) is 9.97 Å². The zero-order chi connectivity index (χ0) is 15.0. The van der Waals surface area contributed by atoms with E-state index in [4.69, 9.17) is 10.6 Å². The third-order valence-electron chi connectivity index (χ3n) is 3.30. The molecule has 21 heavy (non-hydrogen) atoms. The molecule has 7 heteroatoms. The van der Waals surface area contributed by atoms with Crippen LogP contribution in [-0.4, -0.2) is 9.97 Å². The summed E-state index contributed by atoms with van der Waals surface area (Å²) in [4.78, 5) is 8.82. The summed E-state index contributed by atoms with van der Waals surface area (Å²) in [5, 5.41) is 0. The Kier molecular flexibility index (Phi) is 3.77. The number of hydrogen-bond donors (Lipinski definition) is 2. The minimum absolute atomic E-state index is 0.357. The number of aromatic nitrogens is 2. The first kappa shape index (κ1) is 14.2. The molecular formula is C14H14BrFN4O. The Morgan fingerprint density at radius 1 is 1.38 bits per heavy atom. The number of benzene rings is 1. The minimum atomic E-state index is -0.375. The van der Waals surface area contributed by atoms with E-state index in [9.17, 15) is 4.39 Å². The van der Waals surface area contributed by atoms with Crippen LogP contribution < -0.4 is 16.0 Å². The lowest BCUT2D eigenvalue weighted by atomic mass is 10.3. The molecule has 3 N–H and O–H groups in total. The fourth-order valence-electron chi connectivity index (χ4n) is 1.94. The van der Waals surface area contributed by atoms with Gasteiger partial charge < -0.3 is 10.2 Å². The number of halogens is 2. The summed E-state index contributed by atoms with van der Waals surface area (Å²) in [6, 6.07) is 4.25. The Balaban J connectivity index is 2.00. The molecule has 1 aliphatic carbocycles. The van der Waals surface area contributed by atoms with Gasteiger partial charge in [0.25, 0.3) is 0 Å². The summed E-state index contributed by atoms with van der Waals surface area (Å²) in [5.41, 5.74) is 3.23. The van der Waals surface area contributed by atoms with Crippen LogP contribution in [-0.2, 0) is 0 Å². The van der Waals surface area contributed by atoms with Crippen LogP contribution in [0.25, 0.3) is 0 Å². The van der Waals surface area contributed by atoms with Crippen LogP contribution in [0.2, 0.25) is 0 Å². The lowest BCUT2D eigenvalue weighted by molar-refractivity contribution is 0.447. The summed E-state index contributed by atoms with van der Waals surface area (Å²) >= 11 is 3.33. The van der Waals surface area contributed by atoms with Gasteiger partial charge in [0, 0.05) is 12.0 Å². The summed E-state index contributed by atoms with van der Waals surface area (Å²) in [6.07, 6.45) is 2.13. The minimum Gasteiger partial charge on any atom is -0.437 e. The predicted molar refractivity (Wildman–Crippen MR) is 80.7 cm³/mol. The van der Waals surface area contributed by atoms with Crippen molar-refractivity contribution in [2.24, 2.45) is 5.84 Å². The first-order valence-corrected chi connectivity index (χ1v) is 7.36. The monoisotopic (exact) mass is 352 g/mol. The Morgan fingerprint density at radius 3 is 2.81 bits per heavy atom. The van der Waals surface area contributed by atoms with Gasteiger partial charge in [-0.25, -0.2) is 15.2 Å². The van der Waals surface area contributed by atoms with Crippen LogP contribution in [0.5, 0.6) is 11.6 Å². The van der Waals surface area contributed by atoms with Gasteiger partial charge in [0.2, 0.25) is 5.88 Å². The molecule has 0 spiro atoms. The molecule has 2 aromatic rings. The number of hydrogen-bond acceptors (Lipinski definition) is 5. The van der Waals surface area contributed by atoms with E-state index in [-0.39, 0.29) is 5.82 Å². The maximum absolute atomic E-state index is 13.3. The lowest BCUT2D eigenvalue weighted by Crippen LogP contribution is -2.13. The van der Waals surface area contributed by atoms with E-state index < -0.39 is 0 Å². The highest BCUT2D eigenvalue weighted by atomic mass is 79.9. The molecule has 110 valence electrons. The molecule has 1 aromatic carbocycles. The van der Waals surface area contributed by atoms with Crippen LogP contribution in [0.1, 0.15) is 30.1 Å². The van der Waals surface area contributed by atoms with Gasteiger partial charge in [-0.1, -0.05) is 0 Å². The van der Waals surface area contributed by atoms with Crippen LogP contribution >= 0.6 is 15.9 Å². The third-order valence-corrected chi connectivity index (χ3v) is 3.95. The fraction of sp³-hybridized carbons (Fsp3) is 0.286. The van der Waals surface area contributed by atoms with E-state index in [1.54, 1.807) is 13.0 Å². The van der Waals surface area contributed by atoms with E-state index in [1.807, 2.05) is 0 Å². The highest BCUT2D eigenvalue weighted by molar-refractivity contribution is 9.10. The van der Waals surface area contributed by atoms with Crippen molar-refractivity contribution in [1.29, 1.82) is 0 Å². The molecule has 0 amide bonds. The standard InChI is InChI=1S/C14H14BrFN4O/c1-7-12(20-17)18-13(8-2-3-8)19-14(7)21-11-6-9(16)4-5-10(11)15/h4-6,8H,2-3,17H2,1H3,(H,18,19,20). The highest BCUT2D eigenvalue weighted by Crippen LogP contribution is 2.40. The maximum Gasteiger partial charge on any atom is 0.227 e. The number of hydrazine groups is 1. The fourth-order valence-corrected chi connectivity index (χ4v) is 2.26. The molecule has 5 nitrogen and oxygen atoms in total. The summed E-state index contributed by atoms with van der Waals surface area (Å²) < 4.78 is 19.7. The maximum atomic E-state index is 13.3. The van der Waals surface area contributed by atoms with Crippen molar-refractivity contribution in [2.45, 2.75) is 25.7 Å². The first-order chi connectivity index (χ1) is 10.1. The Morgan fingerprint density at radius 2 is 2.14 bits per heavy atom. The smallest absolute Gasteiger partial charge is 0.227 e. The van der Waals surface area contributed by atoms with E-state index in [2.05, 4.69) is 31.3 Å². The second kappa shape index (κ2) is 5.57. The van der Waals surface area contributed by atoms with Crippen LogP contribution in [0, 0.1) is 12.7 Å². The number of nitrogens with zero attached hydrogens (tertiary/aromatic N) is 2. The number of ether oxygens (including phenoxy) is 1. The summed E-state index contributed by atoms with van der Waals surface area (Å²) in [7, 11) is 0. The van der Waals surface area contributed by atoms with Crippen LogP contribution in [0.4, 0.5) is 10.2 Å². The second-order valence-electron chi connectivity index (χ2n) is 4.96. The molecular weight excluding hydrogens is 339 g/mol. The molecule has 3 rings (SSSR count). The molecule has 0 aliphatic heterocycles. The van der Waals surface area contributed by atoms with Crippen LogP contribution in [0.3, 0.4) is 0 Å². The van der Waals surface area contributed by atoms with Gasteiger partial charge in [0.1, 0.15) is 17.4 Å². The molecule has 0 radical (unpaired) electrons. The SMILES string of the molecule is Cc1c(NN)nc(C2CC2)nc1Oc1cc(F)ccc1Br. The van der Waals surface area contributed by atoms with Gasteiger partial charge in [-0.15, -0.1) is 0 Å². The van der Waals surface area contributed by atoms with Crippen molar-refractivity contribution in [3.05, 3.63) is 39.9 Å². The number of anilines is 1. The van der Waals surface area contributed by atoms with Gasteiger partial charge in [0.15, 0.2) is 5.82 Å². The molecule has 0 saturated heterocycles. The van der Waals surface area contributed by atoms with Crippen molar-refractivity contribution >= 4 is 21.7 Å². The Bertz CT molecular complexity index is 691. The highest BCUT2D eigenvalue weighted by Gasteiger charge is 2.28. The van der Waals surface area contributed by atoms with E-state index >= 15 is 0 Å². The Labute approximate surface area is 129 Å². The van der Waals surface area contributed by atoms with Gasteiger partial charge in [-0.3, -0.25) is 0 Å². The number of nitrogen functional groups attached to an aromatic ring is 1. The van der Waals surface area contributed by atoms with Crippen molar-refractivity contribution in [3.8, 4) is 11.6 Å².